The van der Waals surface area contributed by atoms with E-state index in [2.05, 4.69) is 11.4 Å². The minimum absolute atomic E-state index is 0.0666. The van der Waals surface area contributed by atoms with Crippen LogP contribution < -0.4 is 10.1 Å². The number of hydrogen-bond donors (Lipinski definition) is 1. The monoisotopic (exact) mass is 318 g/mol. The van der Waals surface area contributed by atoms with Crippen molar-refractivity contribution in [3.8, 4) is 11.8 Å². The van der Waals surface area contributed by atoms with Crippen molar-refractivity contribution in [1.82, 2.24) is 0 Å². The van der Waals surface area contributed by atoms with Crippen LogP contribution in [0.15, 0.2) is 30.3 Å². The van der Waals surface area contributed by atoms with Gasteiger partial charge in [-0.15, -0.1) is 11.3 Å². The molecule has 1 aromatic heterocycles. The molecule has 0 radical (unpaired) electrons. The second kappa shape index (κ2) is 6.38. The average molecular weight is 319 g/mol. The molecule has 1 aliphatic rings. The van der Waals surface area contributed by atoms with E-state index in [1.807, 2.05) is 30.3 Å². The molecule has 2 aromatic rings. The van der Waals surface area contributed by atoms with Crippen LogP contribution in [0.1, 0.15) is 29.3 Å². The zero-order valence-electron chi connectivity index (χ0n) is 11.4. The predicted molar refractivity (Wildman–Crippen MR) is 86.2 cm³/mol. The summed E-state index contributed by atoms with van der Waals surface area (Å²) in [5, 5.41) is 12.1. The van der Waals surface area contributed by atoms with Gasteiger partial charge in [0, 0.05) is 16.6 Å². The Morgan fingerprint density at radius 2 is 2.33 bits per heavy atom. The average Bonchev–Trinajstić information content (AvgIpc) is 2.87. The van der Waals surface area contributed by atoms with E-state index in [1.165, 1.54) is 16.9 Å². The third kappa shape index (κ3) is 3.31. The van der Waals surface area contributed by atoms with Gasteiger partial charge in [0.15, 0.2) is 6.61 Å². The van der Waals surface area contributed by atoms with Crippen molar-refractivity contribution in [2.45, 2.75) is 25.3 Å². The first-order valence-corrected chi connectivity index (χ1v) is 8.10. The van der Waals surface area contributed by atoms with E-state index in [1.54, 1.807) is 11.3 Å². The Hall–Kier alpha value is -1.70. The number of fused-ring (bicyclic) bond motifs is 1. The van der Waals surface area contributed by atoms with Gasteiger partial charge in [0.1, 0.15) is 11.8 Å². The van der Waals surface area contributed by atoms with Gasteiger partial charge < -0.3 is 10.1 Å². The minimum atomic E-state index is 0.0666. The fourth-order valence-corrected chi connectivity index (χ4v) is 4.05. The highest BCUT2D eigenvalue weighted by Crippen LogP contribution is 2.39. The maximum Gasteiger partial charge on any atom is 0.174 e. The van der Waals surface area contributed by atoms with Crippen LogP contribution in [0.3, 0.4) is 0 Å². The molecule has 21 heavy (non-hydrogen) atoms. The highest BCUT2D eigenvalue weighted by molar-refractivity contribution is 7.16. The van der Waals surface area contributed by atoms with Crippen molar-refractivity contribution in [1.29, 1.82) is 5.26 Å². The molecule has 1 heterocycles. The van der Waals surface area contributed by atoms with Crippen LogP contribution in [-0.4, -0.2) is 6.61 Å². The summed E-state index contributed by atoms with van der Waals surface area (Å²) in [5.41, 5.74) is 2.32. The molecule has 5 heteroatoms. The number of anilines is 1. The van der Waals surface area contributed by atoms with Gasteiger partial charge in [-0.2, -0.15) is 5.26 Å². The Labute approximate surface area is 133 Å². The highest BCUT2D eigenvalue weighted by Gasteiger charge is 2.22. The van der Waals surface area contributed by atoms with E-state index in [9.17, 15) is 0 Å². The Kier molecular flexibility index (Phi) is 4.33. The summed E-state index contributed by atoms with van der Waals surface area (Å²) in [7, 11) is 0. The maximum atomic E-state index is 8.57. The second-order valence-electron chi connectivity index (χ2n) is 4.99. The number of ether oxygens (including phenoxy) is 1. The number of nitrogens with one attached hydrogen (secondary N) is 1. The minimum Gasteiger partial charge on any atom is -0.479 e. The van der Waals surface area contributed by atoms with Gasteiger partial charge in [0.25, 0.3) is 0 Å². The Balaban J connectivity index is 1.77. The van der Waals surface area contributed by atoms with E-state index < -0.39 is 0 Å². The van der Waals surface area contributed by atoms with Crippen LogP contribution in [0, 0.1) is 11.3 Å². The Bertz CT molecular complexity index is 677. The van der Waals surface area contributed by atoms with Gasteiger partial charge in [-0.3, -0.25) is 0 Å². The molecule has 0 saturated heterocycles. The number of thiophene rings is 1. The molecule has 1 aliphatic carbocycles. The number of aryl methyl sites for hydroxylation is 1. The maximum absolute atomic E-state index is 8.57. The topological polar surface area (TPSA) is 45.0 Å². The fraction of sp³-hybridized carbons (Fsp3) is 0.312. The van der Waals surface area contributed by atoms with Crippen LogP contribution in [-0.2, 0) is 6.42 Å². The summed E-state index contributed by atoms with van der Waals surface area (Å²) in [6.45, 7) is 0.0666. The lowest BCUT2D eigenvalue weighted by molar-refractivity contribution is 0.368. The molecule has 1 atom stereocenters. The van der Waals surface area contributed by atoms with Crippen LogP contribution in [0.25, 0.3) is 0 Å². The molecule has 3 nitrogen and oxygen atoms in total. The van der Waals surface area contributed by atoms with Crippen molar-refractivity contribution < 1.29 is 4.74 Å². The van der Waals surface area contributed by atoms with Crippen LogP contribution in [0.5, 0.6) is 5.75 Å². The Morgan fingerprint density at radius 3 is 3.19 bits per heavy atom. The van der Waals surface area contributed by atoms with Crippen LogP contribution >= 0.6 is 22.9 Å². The SMILES string of the molecule is N#CCOc1cccc(NC2CCCc3sc(Cl)cc32)c1. The van der Waals surface area contributed by atoms with Gasteiger partial charge >= 0.3 is 0 Å². The lowest BCUT2D eigenvalue weighted by Gasteiger charge is -2.24. The van der Waals surface area contributed by atoms with Gasteiger partial charge in [0.2, 0.25) is 0 Å². The van der Waals surface area contributed by atoms with Crippen molar-refractivity contribution >= 4 is 28.6 Å². The summed E-state index contributed by atoms with van der Waals surface area (Å²) < 4.78 is 6.20. The summed E-state index contributed by atoms with van der Waals surface area (Å²) in [6, 6.07) is 12.1. The largest absolute Gasteiger partial charge is 0.479 e. The molecular formula is C16H15ClN2OS. The van der Waals surface area contributed by atoms with Gasteiger partial charge in [-0.05, 0) is 43.0 Å². The van der Waals surface area contributed by atoms with E-state index >= 15 is 0 Å². The molecule has 0 saturated carbocycles. The van der Waals surface area contributed by atoms with Crippen molar-refractivity contribution in [3.63, 3.8) is 0 Å². The zero-order valence-corrected chi connectivity index (χ0v) is 13.0. The molecule has 0 fully saturated rings. The highest BCUT2D eigenvalue weighted by atomic mass is 35.5. The lowest BCUT2D eigenvalue weighted by atomic mass is 9.94. The van der Waals surface area contributed by atoms with Gasteiger partial charge in [-0.1, -0.05) is 17.7 Å². The van der Waals surface area contributed by atoms with Crippen LogP contribution in [0.2, 0.25) is 4.34 Å². The van der Waals surface area contributed by atoms with Crippen molar-refractivity contribution in [3.05, 3.63) is 45.1 Å². The second-order valence-corrected chi connectivity index (χ2v) is 6.76. The third-order valence-electron chi connectivity index (χ3n) is 3.56. The molecule has 0 amide bonds. The number of nitriles is 1. The van der Waals surface area contributed by atoms with Gasteiger partial charge in [-0.25, -0.2) is 0 Å². The molecule has 0 aliphatic heterocycles. The lowest BCUT2D eigenvalue weighted by Crippen LogP contribution is -2.15. The fourth-order valence-electron chi connectivity index (χ4n) is 2.66. The summed E-state index contributed by atoms with van der Waals surface area (Å²) in [5.74, 6) is 0.709. The molecule has 1 aromatic carbocycles. The molecule has 1 unspecified atom stereocenters. The summed E-state index contributed by atoms with van der Waals surface area (Å²) >= 11 is 7.83. The molecule has 3 rings (SSSR count). The van der Waals surface area contributed by atoms with Crippen molar-refractivity contribution in [2.24, 2.45) is 0 Å². The van der Waals surface area contributed by atoms with Crippen LogP contribution in [0.4, 0.5) is 5.69 Å². The van der Waals surface area contributed by atoms with E-state index in [0.29, 0.717) is 11.8 Å². The molecular weight excluding hydrogens is 304 g/mol. The smallest absolute Gasteiger partial charge is 0.174 e. The van der Waals surface area contributed by atoms with Gasteiger partial charge in [0.05, 0.1) is 10.4 Å². The quantitative estimate of drug-likeness (QED) is 0.881. The van der Waals surface area contributed by atoms with E-state index in [4.69, 9.17) is 21.6 Å². The molecule has 0 bridgehead atoms. The summed E-state index contributed by atoms with van der Waals surface area (Å²) in [6.07, 6.45) is 3.39. The number of hydrogen-bond acceptors (Lipinski definition) is 4. The van der Waals surface area contributed by atoms with E-state index in [0.717, 1.165) is 22.9 Å². The molecule has 108 valence electrons. The number of benzene rings is 1. The predicted octanol–water partition coefficient (Wildman–Crippen LogP) is 4.79. The Morgan fingerprint density at radius 1 is 1.43 bits per heavy atom. The molecule has 1 N–H and O–H groups in total. The molecule has 0 spiro atoms. The number of halogens is 1. The standard InChI is InChI=1S/C16H15ClN2OS/c17-16-10-13-14(5-2-6-15(13)21-16)19-11-3-1-4-12(9-11)20-8-7-18/h1,3-4,9-10,14,19H,2,5-6,8H2. The zero-order chi connectivity index (χ0) is 14.7. The first kappa shape index (κ1) is 14.2. The number of nitrogens with zero attached hydrogens (tertiary/aromatic N) is 1. The van der Waals surface area contributed by atoms with E-state index in [-0.39, 0.29) is 6.61 Å². The third-order valence-corrected chi connectivity index (χ3v) is 4.90. The number of rotatable bonds is 4. The summed E-state index contributed by atoms with van der Waals surface area (Å²) in [4.78, 5) is 1.39. The normalized spacial score (nSPS) is 16.9. The first-order valence-electron chi connectivity index (χ1n) is 6.91. The first-order chi connectivity index (χ1) is 10.3. The van der Waals surface area contributed by atoms with Crippen molar-refractivity contribution in [2.75, 3.05) is 11.9 Å².